The zero-order valence-corrected chi connectivity index (χ0v) is 13.0. The molecule has 4 nitrogen and oxygen atoms in total. The van der Waals surface area contributed by atoms with Gasteiger partial charge in [0, 0.05) is 62.1 Å². The van der Waals surface area contributed by atoms with Crippen molar-refractivity contribution in [3.8, 4) is 5.69 Å². The van der Waals surface area contributed by atoms with Gasteiger partial charge in [-0.3, -0.25) is 14.7 Å². The Morgan fingerprint density at radius 1 is 1.00 bits per heavy atom. The van der Waals surface area contributed by atoms with E-state index in [9.17, 15) is 4.79 Å². The van der Waals surface area contributed by atoms with Gasteiger partial charge in [-0.05, 0) is 29.8 Å². The van der Waals surface area contributed by atoms with Gasteiger partial charge < -0.3 is 4.57 Å². The lowest BCUT2D eigenvalue weighted by atomic mass is 10.1. The average molecular weight is 305 g/mol. The van der Waals surface area contributed by atoms with Crippen LogP contribution >= 0.6 is 0 Å². The Balaban J connectivity index is 1.67. The molecule has 0 amide bonds. The largest absolute Gasteiger partial charge is 0.316 e. The normalized spacial score (nSPS) is 16.1. The van der Waals surface area contributed by atoms with Crippen LogP contribution in [0.1, 0.15) is 18.4 Å². The molecule has 1 aliphatic rings. The van der Waals surface area contributed by atoms with Crippen LogP contribution in [0, 0.1) is 0 Å². The van der Waals surface area contributed by atoms with Crippen molar-refractivity contribution in [3.63, 3.8) is 0 Å². The van der Waals surface area contributed by atoms with Crippen molar-refractivity contribution in [2.75, 3.05) is 13.1 Å². The highest BCUT2D eigenvalue weighted by atomic mass is 16.1. The molecule has 0 N–H and O–H groups in total. The Morgan fingerprint density at radius 2 is 1.78 bits per heavy atom. The number of rotatable bonds is 3. The monoisotopic (exact) mass is 305 g/mol. The molecule has 23 heavy (non-hydrogen) atoms. The van der Waals surface area contributed by atoms with E-state index in [1.165, 1.54) is 16.5 Å². The van der Waals surface area contributed by atoms with E-state index in [2.05, 4.69) is 44.9 Å². The number of carbonyl (C=O) groups excluding carboxylic acids is 1. The summed E-state index contributed by atoms with van der Waals surface area (Å²) in [7, 11) is 0. The highest BCUT2D eigenvalue weighted by Crippen LogP contribution is 2.25. The van der Waals surface area contributed by atoms with Crippen molar-refractivity contribution >= 4 is 16.7 Å². The molecular weight excluding hydrogens is 286 g/mol. The van der Waals surface area contributed by atoms with Gasteiger partial charge >= 0.3 is 0 Å². The van der Waals surface area contributed by atoms with Crippen LogP contribution in [0.4, 0.5) is 0 Å². The third-order valence-corrected chi connectivity index (χ3v) is 4.57. The molecule has 3 aromatic rings. The van der Waals surface area contributed by atoms with Crippen LogP contribution < -0.4 is 0 Å². The molecule has 1 fully saturated rings. The summed E-state index contributed by atoms with van der Waals surface area (Å²) in [4.78, 5) is 17.9. The highest BCUT2D eigenvalue weighted by Gasteiger charge is 2.17. The van der Waals surface area contributed by atoms with Gasteiger partial charge in [-0.1, -0.05) is 12.1 Å². The van der Waals surface area contributed by atoms with Crippen molar-refractivity contribution < 1.29 is 4.79 Å². The lowest BCUT2D eigenvalue weighted by Crippen LogP contribution is -2.33. The molecule has 0 bridgehead atoms. The number of nitrogens with zero attached hydrogens (tertiary/aromatic N) is 3. The Hall–Kier alpha value is -2.46. The quantitative estimate of drug-likeness (QED) is 0.746. The number of ketones is 1. The number of aromatic nitrogens is 2. The van der Waals surface area contributed by atoms with E-state index < -0.39 is 0 Å². The lowest BCUT2D eigenvalue weighted by Gasteiger charge is -2.26. The smallest absolute Gasteiger partial charge is 0.135 e. The first-order valence-corrected chi connectivity index (χ1v) is 8.05. The fraction of sp³-hybridized carbons (Fsp3) is 0.263. The van der Waals surface area contributed by atoms with Crippen LogP contribution in [0.2, 0.25) is 0 Å². The molecule has 1 saturated heterocycles. The second kappa shape index (κ2) is 5.97. The Labute approximate surface area is 135 Å². The maximum atomic E-state index is 11.4. The van der Waals surface area contributed by atoms with Gasteiger partial charge in [-0.2, -0.15) is 0 Å². The third-order valence-electron chi connectivity index (χ3n) is 4.57. The molecule has 4 rings (SSSR count). The van der Waals surface area contributed by atoms with Crippen LogP contribution in [0.3, 0.4) is 0 Å². The highest BCUT2D eigenvalue weighted by molar-refractivity contribution is 5.85. The average Bonchev–Trinajstić information content (AvgIpc) is 3.03. The zero-order valence-electron chi connectivity index (χ0n) is 13.0. The molecule has 116 valence electrons. The van der Waals surface area contributed by atoms with Crippen molar-refractivity contribution in [2.24, 2.45) is 0 Å². The number of Topliss-reactive ketones (excluding diaryl/α,β-unsaturated/α-hetero) is 1. The summed E-state index contributed by atoms with van der Waals surface area (Å²) in [6, 6.07) is 12.7. The molecule has 2 aromatic heterocycles. The van der Waals surface area contributed by atoms with Crippen LogP contribution in [-0.4, -0.2) is 33.3 Å². The van der Waals surface area contributed by atoms with Gasteiger partial charge in [0.05, 0.1) is 5.52 Å². The first-order chi connectivity index (χ1) is 11.3. The van der Waals surface area contributed by atoms with E-state index in [4.69, 9.17) is 0 Å². The standard InChI is InChI=1S/C19H19N3O/c23-17-6-11-21(12-7-17)14-15-2-1-3-19-18(15)8-13-22(19)16-4-9-20-10-5-16/h1-5,8-10,13H,6-7,11-12,14H2. The molecule has 0 spiro atoms. The van der Waals surface area contributed by atoms with Crippen molar-refractivity contribution in [1.82, 2.24) is 14.5 Å². The molecule has 4 heteroatoms. The van der Waals surface area contributed by atoms with E-state index in [0.717, 1.165) is 25.3 Å². The second-order valence-corrected chi connectivity index (χ2v) is 6.06. The third kappa shape index (κ3) is 2.78. The fourth-order valence-corrected chi connectivity index (χ4v) is 3.30. The Bertz CT molecular complexity index is 828. The van der Waals surface area contributed by atoms with Crippen LogP contribution in [-0.2, 0) is 11.3 Å². The van der Waals surface area contributed by atoms with E-state index in [0.29, 0.717) is 18.6 Å². The molecule has 0 saturated carbocycles. The van der Waals surface area contributed by atoms with Gasteiger partial charge in [0.1, 0.15) is 5.78 Å². The number of piperidine rings is 1. The molecule has 0 unspecified atom stereocenters. The van der Waals surface area contributed by atoms with Crippen LogP contribution in [0.15, 0.2) is 55.0 Å². The van der Waals surface area contributed by atoms with Gasteiger partial charge in [0.25, 0.3) is 0 Å². The predicted molar refractivity (Wildman–Crippen MR) is 90.6 cm³/mol. The summed E-state index contributed by atoms with van der Waals surface area (Å²) >= 11 is 0. The summed E-state index contributed by atoms with van der Waals surface area (Å²) in [5.74, 6) is 0.392. The van der Waals surface area contributed by atoms with E-state index >= 15 is 0 Å². The summed E-state index contributed by atoms with van der Waals surface area (Å²) in [6.07, 6.45) is 7.12. The number of pyridine rings is 1. The molecule has 3 heterocycles. The predicted octanol–water partition coefficient (Wildman–Crippen LogP) is 3.19. The van der Waals surface area contributed by atoms with E-state index in [1.807, 2.05) is 24.5 Å². The summed E-state index contributed by atoms with van der Waals surface area (Å²) in [5.41, 5.74) is 3.65. The van der Waals surface area contributed by atoms with Crippen molar-refractivity contribution in [2.45, 2.75) is 19.4 Å². The van der Waals surface area contributed by atoms with Crippen molar-refractivity contribution in [1.29, 1.82) is 0 Å². The minimum Gasteiger partial charge on any atom is -0.316 e. The van der Waals surface area contributed by atoms with Crippen LogP contribution in [0.25, 0.3) is 16.6 Å². The minimum absolute atomic E-state index is 0.392. The lowest BCUT2D eigenvalue weighted by molar-refractivity contribution is -0.121. The number of fused-ring (bicyclic) bond motifs is 1. The first-order valence-electron chi connectivity index (χ1n) is 8.05. The summed E-state index contributed by atoms with van der Waals surface area (Å²) in [6.45, 7) is 2.66. The molecular formula is C19H19N3O. The Kier molecular flexibility index (Phi) is 3.67. The van der Waals surface area contributed by atoms with E-state index in [-0.39, 0.29) is 0 Å². The zero-order chi connectivity index (χ0) is 15.6. The maximum absolute atomic E-state index is 11.4. The number of hydrogen-bond acceptors (Lipinski definition) is 3. The SMILES string of the molecule is O=C1CCN(Cc2cccc3c2ccn3-c2ccncc2)CC1. The van der Waals surface area contributed by atoms with Gasteiger partial charge in [0.15, 0.2) is 0 Å². The topological polar surface area (TPSA) is 38.1 Å². The maximum Gasteiger partial charge on any atom is 0.135 e. The summed E-state index contributed by atoms with van der Waals surface area (Å²) in [5, 5.41) is 1.28. The first kappa shape index (κ1) is 14.2. The number of hydrogen-bond donors (Lipinski definition) is 0. The minimum atomic E-state index is 0.392. The Morgan fingerprint density at radius 3 is 2.57 bits per heavy atom. The van der Waals surface area contributed by atoms with Crippen LogP contribution in [0.5, 0.6) is 0 Å². The summed E-state index contributed by atoms with van der Waals surface area (Å²) < 4.78 is 2.19. The molecule has 1 aliphatic heterocycles. The van der Waals surface area contributed by atoms with Gasteiger partial charge in [0.2, 0.25) is 0 Å². The molecule has 1 aromatic carbocycles. The fourth-order valence-electron chi connectivity index (χ4n) is 3.30. The molecule has 0 radical (unpaired) electrons. The van der Waals surface area contributed by atoms with Crippen molar-refractivity contribution in [3.05, 3.63) is 60.6 Å². The number of benzene rings is 1. The van der Waals surface area contributed by atoms with Gasteiger partial charge in [-0.15, -0.1) is 0 Å². The van der Waals surface area contributed by atoms with E-state index in [1.54, 1.807) is 0 Å². The number of carbonyl (C=O) groups is 1. The molecule has 0 atom stereocenters. The molecule has 0 aliphatic carbocycles. The second-order valence-electron chi connectivity index (χ2n) is 6.06. The van der Waals surface area contributed by atoms with Gasteiger partial charge in [-0.25, -0.2) is 0 Å². The number of likely N-dealkylation sites (tertiary alicyclic amines) is 1.